The zero-order chi connectivity index (χ0) is 17.7. The van der Waals surface area contributed by atoms with Crippen molar-refractivity contribution in [3.63, 3.8) is 0 Å². The molecule has 0 aliphatic rings. The predicted molar refractivity (Wildman–Crippen MR) is 95.7 cm³/mol. The monoisotopic (exact) mass is 348 g/mol. The van der Waals surface area contributed by atoms with E-state index < -0.39 is 15.8 Å². The minimum Gasteiger partial charge on any atom is -0.261 e. The van der Waals surface area contributed by atoms with E-state index in [1.807, 2.05) is 48.5 Å². The summed E-state index contributed by atoms with van der Waals surface area (Å²) in [6.07, 6.45) is 1.65. The van der Waals surface area contributed by atoms with Crippen LogP contribution in [0.15, 0.2) is 83.9 Å². The highest BCUT2D eigenvalue weighted by Gasteiger charge is 2.26. The Morgan fingerprint density at radius 2 is 1.60 bits per heavy atom. The van der Waals surface area contributed by atoms with Gasteiger partial charge in [0.1, 0.15) is 6.07 Å². The molecule has 1 aromatic heterocycles. The molecule has 1 heterocycles. The molecule has 0 radical (unpaired) electrons. The molecule has 0 N–H and O–H groups in total. The van der Waals surface area contributed by atoms with Gasteiger partial charge in [0, 0.05) is 17.8 Å². The second kappa shape index (κ2) is 7.29. The van der Waals surface area contributed by atoms with E-state index in [1.54, 1.807) is 24.4 Å². The second-order valence-corrected chi connectivity index (χ2v) is 7.61. The Kier molecular flexibility index (Phi) is 4.92. The van der Waals surface area contributed by atoms with Crippen LogP contribution in [-0.4, -0.2) is 19.2 Å². The maximum Gasteiger partial charge on any atom is 0.180 e. The summed E-state index contributed by atoms with van der Waals surface area (Å²) in [6, 6.07) is 23.1. The van der Waals surface area contributed by atoms with Crippen LogP contribution in [0.25, 0.3) is 0 Å². The first-order chi connectivity index (χ1) is 12.1. The largest absolute Gasteiger partial charge is 0.261 e. The van der Waals surface area contributed by atoms with Crippen LogP contribution < -0.4 is 0 Å². The quantitative estimate of drug-likeness (QED) is 0.707. The number of hydrogen-bond acceptors (Lipinski definition) is 4. The van der Waals surface area contributed by atoms with Crippen molar-refractivity contribution in [2.75, 3.05) is 5.75 Å². The fraction of sp³-hybridized carbons (Fsp3) is 0.100. The fourth-order valence-electron chi connectivity index (χ4n) is 2.76. The van der Waals surface area contributed by atoms with E-state index in [2.05, 4.69) is 4.98 Å². The number of aromatic nitrogens is 1. The highest BCUT2D eigenvalue weighted by Crippen LogP contribution is 2.28. The third kappa shape index (κ3) is 3.76. The number of rotatable bonds is 5. The van der Waals surface area contributed by atoms with E-state index >= 15 is 0 Å². The van der Waals surface area contributed by atoms with Gasteiger partial charge in [-0.25, -0.2) is 8.42 Å². The van der Waals surface area contributed by atoms with Gasteiger partial charge in [0.25, 0.3) is 0 Å². The summed E-state index contributed by atoms with van der Waals surface area (Å²) in [5.41, 5.74) is 1.72. The number of nitrogens with zero attached hydrogens (tertiary/aromatic N) is 2. The molecule has 4 nitrogen and oxygen atoms in total. The van der Waals surface area contributed by atoms with E-state index in [9.17, 15) is 13.7 Å². The molecule has 1 unspecified atom stereocenters. The Bertz CT molecular complexity index is 955. The average molecular weight is 348 g/mol. The molecule has 0 amide bonds. The van der Waals surface area contributed by atoms with Gasteiger partial charge in [0.05, 0.1) is 16.2 Å². The van der Waals surface area contributed by atoms with Crippen LogP contribution in [0.3, 0.4) is 0 Å². The molecule has 2 aromatic carbocycles. The van der Waals surface area contributed by atoms with Crippen LogP contribution in [0.2, 0.25) is 0 Å². The number of benzene rings is 2. The molecule has 0 saturated carbocycles. The van der Waals surface area contributed by atoms with Crippen LogP contribution >= 0.6 is 0 Å². The third-order valence-corrected chi connectivity index (χ3v) is 5.77. The van der Waals surface area contributed by atoms with Crippen molar-refractivity contribution in [1.29, 1.82) is 5.26 Å². The van der Waals surface area contributed by atoms with Gasteiger partial charge in [-0.3, -0.25) is 4.98 Å². The molecule has 124 valence electrons. The molecule has 5 heteroatoms. The molecular weight excluding hydrogens is 332 g/mol. The first-order valence-electron chi connectivity index (χ1n) is 7.79. The maximum absolute atomic E-state index is 13.0. The third-order valence-electron chi connectivity index (χ3n) is 3.98. The van der Waals surface area contributed by atoms with Gasteiger partial charge in [-0.1, -0.05) is 48.5 Å². The topological polar surface area (TPSA) is 70.8 Å². The predicted octanol–water partition coefficient (Wildman–Crippen LogP) is 3.56. The Hall–Kier alpha value is -2.97. The highest BCUT2D eigenvalue weighted by molar-refractivity contribution is 7.91. The number of hydrogen-bond donors (Lipinski definition) is 0. The molecule has 0 bridgehead atoms. The van der Waals surface area contributed by atoms with Crippen molar-refractivity contribution in [3.05, 3.63) is 95.8 Å². The fourth-order valence-corrected chi connectivity index (χ4v) is 4.48. The van der Waals surface area contributed by atoms with Crippen LogP contribution in [0.1, 0.15) is 22.7 Å². The van der Waals surface area contributed by atoms with Gasteiger partial charge in [0.2, 0.25) is 0 Å². The molecule has 0 spiro atoms. The van der Waals surface area contributed by atoms with Gasteiger partial charge in [-0.05, 0) is 29.8 Å². The molecule has 25 heavy (non-hydrogen) atoms. The smallest absolute Gasteiger partial charge is 0.180 e. The Labute approximate surface area is 147 Å². The second-order valence-electron chi connectivity index (χ2n) is 5.61. The SMILES string of the molecule is N#Cc1ccccc1S(=O)(=O)CC(c1ccccc1)c1ccccn1. The highest BCUT2D eigenvalue weighted by atomic mass is 32.2. The zero-order valence-electron chi connectivity index (χ0n) is 13.4. The summed E-state index contributed by atoms with van der Waals surface area (Å²) in [4.78, 5) is 4.41. The van der Waals surface area contributed by atoms with E-state index in [0.29, 0.717) is 5.69 Å². The summed E-state index contributed by atoms with van der Waals surface area (Å²) in [6.45, 7) is 0. The molecule has 0 saturated heterocycles. The molecule has 1 atom stereocenters. The van der Waals surface area contributed by atoms with E-state index in [4.69, 9.17) is 0 Å². The van der Waals surface area contributed by atoms with Crippen molar-refractivity contribution >= 4 is 9.84 Å². The van der Waals surface area contributed by atoms with Crippen molar-refractivity contribution in [3.8, 4) is 6.07 Å². The lowest BCUT2D eigenvalue weighted by Crippen LogP contribution is -2.18. The van der Waals surface area contributed by atoms with E-state index in [-0.39, 0.29) is 16.2 Å². The van der Waals surface area contributed by atoms with Crippen molar-refractivity contribution in [1.82, 2.24) is 4.98 Å². The van der Waals surface area contributed by atoms with Gasteiger partial charge < -0.3 is 0 Å². The lowest BCUT2D eigenvalue weighted by molar-refractivity contribution is 0.591. The summed E-state index contributed by atoms with van der Waals surface area (Å²) in [7, 11) is -3.66. The number of sulfone groups is 1. The minimum absolute atomic E-state index is 0.0642. The lowest BCUT2D eigenvalue weighted by Gasteiger charge is -2.17. The Balaban J connectivity index is 2.05. The van der Waals surface area contributed by atoms with Crippen LogP contribution in [0, 0.1) is 11.3 Å². The number of pyridine rings is 1. The van der Waals surface area contributed by atoms with Crippen LogP contribution in [-0.2, 0) is 9.84 Å². The van der Waals surface area contributed by atoms with Crippen molar-refractivity contribution in [2.45, 2.75) is 10.8 Å². The summed E-state index contributed by atoms with van der Waals surface area (Å²) in [5.74, 6) is -0.550. The molecule has 0 aliphatic carbocycles. The standard InChI is InChI=1S/C20H16N2O2S/c21-14-17-10-4-5-12-20(17)25(23,24)15-18(16-8-2-1-3-9-16)19-11-6-7-13-22-19/h1-13,18H,15H2. The summed E-state index contributed by atoms with van der Waals surface area (Å²) >= 11 is 0. The van der Waals surface area contributed by atoms with Gasteiger partial charge in [-0.2, -0.15) is 5.26 Å². The van der Waals surface area contributed by atoms with Crippen molar-refractivity contribution < 1.29 is 8.42 Å². The van der Waals surface area contributed by atoms with E-state index in [1.165, 1.54) is 12.1 Å². The minimum atomic E-state index is -3.66. The average Bonchev–Trinajstić information content (AvgIpc) is 2.67. The zero-order valence-corrected chi connectivity index (χ0v) is 14.2. The summed E-state index contributed by atoms with van der Waals surface area (Å²) in [5, 5.41) is 9.22. The molecule has 3 rings (SSSR count). The Morgan fingerprint density at radius 1 is 0.920 bits per heavy atom. The molecule has 0 aliphatic heterocycles. The normalized spacial score (nSPS) is 12.3. The Morgan fingerprint density at radius 3 is 2.28 bits per heavy atom. The van der Waals surface area contributed by atoms with Gasteiger partial charge >= 0.3 is 0 Å². The van der Waals surface area contributed by atoms with Gasteiger partial charge in [-0.15, -0.1) is 0 Å². The molecule has 0 fully saturated rings. The van der Waals surface area contributed by atoms with Crippen LogP contribution in [0.5, 0.6) is 0 Å². The summed E-state index contributed by atoms with van der Waals surface area (Å²) < 4.78 is 26.0. The lowest BCUT2D eigenvalue weighted by atomic mass is 9.97. The first kappa shape index (κ1) is 16.9. The molecular formula is C20H16N2O2S. The van der Waals surface area contributed by atoms with Crippen LogP contribution in [0.4, 0.5) is 0 Å². The van der Waals surface area contributed by atoms with Gasteiger partial charge in [0.15, 0.2) is 9.84 Å². The maximum atomic E-state index is 13.0. The molecule has 3 aromatic rings. The van der Waals surface area contributed by atoms with Crippen molar-refractivity contribution in [2.24, 2.45) is 0 Å². The van der Waals surface area contributed by atoms with E-state index in [0.717, 1.165) is 5.56 Å². The first-order valence-corrected chi connectivity index (χ1v) is 9.45. The number of nitriles is 1.